The van der Waals surface area contributed by atoms with Gasteiger partial charge in [-0.25, -0.2) is 9.98 Å². The van der Waals surface area contributed by atoms with Crippen LogP contribution in [0.25, 0.3) is 84.5 Å². The molecule has 5 heteroatoms. The molecule has 2 aliphatic rings. The third-order valence-corrected chi connectivity index (χ3v) is 13.4. The molecule has 12 rings (SSSR count). The summed E-state index contributed by atoms with van der Waals surface area (Å²) in [5, 5.41) is 11.3. The maximum atomic E-state index is 5.40. The van der Waals surface area contributed by atoms with Gasteiger partial charge in [-0.3, -0.25) is 0 Å². The number of hydrogen-bond donors (Lipinski definition) is 1. The number of aliphatic imine (C=N–C) groups is 2. The van der Waals surface area contributed by atoms with E-state index in [1.54, 1.807) is 0 Å². The average Bonchev–Trinajstić information content (AvgIpc) is 3.91. The SMILES string of the molecule is c1ccc(C2N=C(c3cccc4sc5ccccc5c34)N=C(c3cccc4sc5ccc(-c6ccc7c8c(cccc68)-c6ccccc6-7)cc5c34)N2)cc1. The Morgan fingerprint density at radius 2 is 1.00 bits per heavy atom. The van der Waals surface area contributed by atoms with E-state index in [9.17, 15) is 0 Å². The minimum absolute atomic E-state index is 0.290. The molecule has 0 spiro atoms. The van der Waals surface area contributed by atoms with Gasteiger partial charge in [0.25, 0.3) is 0 Å². The lowest BCUT2D eigenvalue weighted by Crippen LogP contribution is -2.33. The van der Waals surface area contributed by atoms with Crippen molar-refractivity contribution in [3.05, 3.63) is 180 Å². The summed E-state index contributed by atoms with van der Waals surface area (Å²) in [6.45, 7) is 0. The fourth-order valence-corrected chi connectivity index (χ4v) is 11.0. The van der Waals surface area contributed by atoms with E-state index in [1.807, 2.05) is 22.7 Å². The summed E-state index contributed by atoms with van der Waals surface area (Å²) in [6, 6.07) is 59.5. The molecule has 0 bridgehead atoms. The summed E-state index contributed by atoms with van der Waals surface area (Å²) in [7, 11) is 0. The minimum atomic E-state index is -0.290. The number of hydrogen-bond acceptors (Lipinski definition) is 5. The summed E-state index contributed by atoms with van der Waals surface area (Å²) < 4.78 is 5.02. The van der Waals surface area contributed by atoms with Crippen LogP contribution in [-0.4, -0.2) is 11.7 Å². The van der Waals surface area contributed by atoms with Gasteiger partial charge in [0.2, 0.25) is 0 Å². The third kappa shape index (κ3) is 4.40. The predicted octanol–water partition coefficient (Wildman–Crippen LogP) is 13.4. The Hall–Kier alpha value is -6.40. The zero-order valence-electron chi connectivity index (χ0n) is 28.9. The van der Waals surface area contributed by atoms with E-state index < -0.39 is 0 Å². The van der Waals surface area contributed by atoms with E-state index >= 15 is 0 Å². The first-order chi connectivity index (χ1) is 26.8. The molecule has 1 atom stereocenters. The van der Waals surface area contributed by atoms with Crippen molar-refractivity contribution in [1.29, 1.82) is 0 Å². The summed E-state index contributed by atoms with van der Waals surface area (Å²) in [6.07, 6.45) is -0.290. The Morgan fingerprint density at radius 1 is 0.407 bits per heavy atom. The molecule has 54 heavy (non-hydrogen) atoms. The normalized spacial score (nSPS) is 14.9. The molecular weight excluding hydrogens is 695 g/mol. The zero-order valence-corrected chi connectivity index (χ0v) is 30.5. The van der Waals surface area contributed by atoms with Crippen molar-refractivity contribution in [1.82, 2.24) is 5.32 Å². The molecule has 2 aromatic heterocycles. The standard InChI is InChI=1S/C49H29N3S2/c1-2-11-28(12-3-1)47-50-48(37-18-9-21-42-45(37)36-15-6-7-20-40(36)53-42)52-49(51-47)38-19-10-22-43-46(38)39-27-29(23-26-41(39)54-43)30-24-25-35-32-14-5-4-13-31(32)34-17-8-16-33(30)44(34)35/h1-27,47H,(H,50,51,52). The molecule has 1 unspecified atom stereocenters. The van der Waals surface area contributed by atoms with Gasteiger partial charge < -0.3 is 5.32 Å². The maximum absolute atomic E-state index is 5.40. The largest absolute Gasteiger partial charge is 0.344 e. The van der Waals surface area contributed by atoms with Crippen molar-refractivity contribution in [2.75, 3.05) is 0 Å². The molecule has 1 aliphatic carbocycles. The van der Waals surface area contributed by atoms with Gasteiger partial charge in [-0.2, -0.15) is 0 Å². The van der Waals surface area contributed by atoms with Gasteiger partial charge in [-0.05, 0) is 80.0 Å². The van der Waals surface area contributed by atoms with Crippen molar-refractivity contribution in [2.24, 2.45) is 9.98 Å². The van der Waals surface area contributed by atoms with E-state index in [1.165, 1.54) is 84.5 Å². The first-order valence-corrected chi connectivity index (χ1v) is 19.9. The Morgan fingerprint density at radius 3 is 1.83 bits per heavy atom. The lowest BCUT2D eigenvalue weighted by atomic mass is 9.93. The number of amidine groups is 2. The van der Waals surface area contributed by atoms with Crippen molar-refractivity contribution in [3.63, 3.8) is 0 Å². The quantitative estimate of drug-likeness (QED) is 0.193. The Balaban J connectivity index is 1.06. The van der Waals surface area contributed by atoms with Gasteiger partial charge in [-0.1, -0.05) is 133 Å². The van der Waals surface area contributed by atoms with Crippen molar-refractivity contribution in [2.45, 2.75) is 6.17 Å². The predicted molar refractivity (Wildman–Crippen MR) is 231 cm³/mol. The number of thiophene rings is 2. The van der Waals surface area contributed by atoms with Crippen LogP contribution in [0.15, 0.2) is 174 Å². The number of nitrogens with zero attached hydrogens (tertiary/aromatic N) is 2. The van der Waals surface area contributed by atoms with Crippen LogP contribution >= 0.6 is 22.7 Å². The minimum Gasteiger partial charge on any atom is -0.344 e. The third-order valence-electron chi connectivity index (χ3n) is 11.1. The summed E-state index contributed by atoms with van der Waals surface area (Å²) in [4.78, 5) is 10.7. The number of nitrogens with one attached hydrogen (secondary N) is 1. The molecule has 3 nitrogen and oxygen atoms in total. The summed E-state index contributed by atoms with van der Waals surface area (Å²) in [5.74, 6) is 1.59. The number of benzene rings is 8. The Kier molecular flexibility index (Phi) is 6.44. The monoisotopic (exact) mass is 723 g/mol. The fourth-order valence-electron chi connectivity index (χ4n) is 8.72. The molecule has 0 saturated heterocycles. The molecule has 8 aromatic carbocycles. The summed E-state index contributed by atoms with van der Waals surface area (Å²) in [5.41, 5.74) is 11.0. The van der Waals surface area contributed by atoms with Crippen LogP contribution in [0, 0.1) is 0 Å². The molecule has 1 aliphatic heterocycles. The second kappa shape index (κ2) is 11.5. The van der Waals surface area contributed by atoms with Crippen molar-refractivity contribution in [3.8, 4) is 33.4 Å². The lowest BCUT2D eigenvalue weighted by molar-refractivity contribution is 0.675. The first-order valence-electron chi connectivity index (χ1n) is 18.3. The van der Waals surface area contributed by atoms with Gasteiger partial charge in [-0.15, -0.1) is 22.7 Å². The molecular formula is C49H29N3S2. The number of fused-ring (bicyclic) bond motifs is 9. The molecule has 0 fully saturated rings. The van der Waals surface area contributed by atoms with Crippen LogP contribution in [0.5, 0.6) is 0 Å². The van der Waals surface area contributed by atoms with Crippen LogP contribution in [0.2, 0.25) is 0 Å². The van der Waals surface area contributed by atoms with Crippen LogP contribution < -0.4 is 5.32 Å². The first kappa shape index (κ1) is 30.1. The molecule has 1 N–H and O–H groups in total. The highest BCUT2D eigenvalue weighted by molar-refractivity contribution is 7.26. The fraction of sp³-hybridized carbons (Fsp3) is 0.0204. The van der Waals surface area contributed by atoms with E-state index in [0.29, 0.717) is 0 Å². The van der Waals surface area contributed by atoms with Gasteiger partial charge >= 0.3 is 0 Å². The summed E-state index contributed by atoms with van der Waals surface area (Å²) >= 11 is 3.66. The van der Waals surface area contributed by atoms with Crippen LogP contribution in [0.4, 0.5) is 0 Å². The van der Waals surface area contributed by atoms with Gasteiger partial charge in [0.15, 0.2) is 5.84 Å². The highest BCUT2D eigenvalue weighted by atomic mass is 32.1. The van der Waals surface area contributed by atoms with Crippen LogP contribution in [-0.2, 0) is 0 Å². The molecule has 0 saturated carbocycles. The van der Waals surface area contributed by atoms with E-state index in [-0.39, 0.29) is 6.17 Å². The van der Waals surface area contributed by atoms with E-state index in [2.05, 4.69) is 169 Å². The zero-order chi connectivity index (χ0) is 35.3. The Labute approximate surface area is 319 Å². The molecule has 3 heterocycles. The van der Waals surface area contributed by atoms with E-state index in [4.69, 9.17) is 9.98 Å². The highest BCUT2D eigenvalue weighted by Gasteiger charge is 2.26. The Bertz CT molecular complexity index is 3230. The second-order valence-corrected chi connectivity index (χ2v) is 16.2. The van der Waals surface area contributed by atoms with Crippen molar-refractivity contribution < 1.29 is 0 Å². The molecule has 252 valence electrons. The van der Waals surface area contributed by atoms with Crippen LogP contribution in [0.3, 0.4) is 0 Å². The highest BCUT2D eigenvalue weighted by Crippen LogP contribution is 2.50. The second-order valence-electron chi connectivity index (χ2n) is 14.1. The van der Waals surface area contributed by atoms with E-state index in [0.717, 1.165) is 28.4 Å². The van der Waals surface area contributed by atoms with Gasteiger partial charge in [0, 0.05) is 51.5 Å². The average molecular weight is 724 g/mol. The molecule has 0 radical (unpaired) electrons. The van der Waals surface area contributed by atoms with Crippen molar-refractivity contribution >= 4 is 85.5 Å². The van der Waals surface area contributed by atoms with Gasteiger partial charge in [0.05, 0.1) is 0 Å². The topological polar surface area (TPSA) is 36.8 Å². The molecule has 10 aromatic rings. The van der Waals surface area contributed by atoms with Gasteiger partial charge in [0.1, 0.15) is 12.0 Å². The molecule has 0 amide bonds. The maximum Gasteiger partial charge on any atom is 0.160 e. The smallest absolute Gasteiger partial charge is 0.160 e. The lowest BCUT2D eigenvalue weighted by Gasteiger charge is -2.24. The van der Waals surface area contributed by atoms with Crippen LogP contribution in [0.1, 0.15) is 22.9 Å². The number of rotatable bonds is 4.